The number of para-hydroxylation sites is 1. The van der Waals surface area contributed by atoms with Crippen LogP contribution in [0.2, 0.25) is 0 Å². The summed E-state index contributed by atoms with van der Waals surface area (Å²) in [5.74, 6) is 0. The van der Waals surface area contributed by atoms with Gasteiger partial charge in [0.05, 0.1) is 12.1 Å². The van der Waals surface area contributed by atoms with Crippen LogP contribution in [0.3, 0.4) is 0 Å². The molecule has 0 amide bonds. The van der Waals surface area contributed by atoms with Crippen molar-refractivity contribution in [3.8, 4) is 0 Å². The Hall–Kier alpha value is -1.04. The van der Waals surface area contributed by atoms with Crippen molar-refractivity contribution in [2.24, 2.45) is 0 Å². The molecule has 0 aliphatic heterocycles. The number of hydrogen-bond donors (Lipinski definition) is 0. The summed E-state index contributed by atoms with van der Waals surface area (Å²) >= 11 is 2.25. The molecule has 4 heteroatoms. The van der Waals surface area contributed by atoms with E-state index >= 15 is 0 Å². The van der Waals surface area contributed by atoms with E-state index in [9.17, 15) is 4.79 Å². The standard InChI is InChI=1S/C13H14INO2/c1-3-9-8-15(13(16)17-4-2)12-10(9)6-5-7-11(12)14/h5-8H,3-4H2,1-2H3. The van der Waals surface area contributed by atoms with Crippen molar-refractivity contribution in [2.45, 2.75) is 20.3 Å². The molecule has 0 bridgehead atoms. The van der Waals surface area contributed by atoms with E-state index in [1.165, 1.54) is 5.56 Å². The number of aryl methyl sites for hydroxylation is 1. The van der Waals surface area contributed by atoms with Crippen LogP contribution in [-0.2, 0) is 11.2 Å². The molecule has 90 valence electrons. The van der Waals surface area contributed by atoms with Gasteiger partial charge in [-0.3, -0.25) is 4.57 Å². The fourth-order valence-electron chi connectivity index (χ4n) is 1.93. The molecule has 0 N–H and O–H groups in total. The Morgan fingerprint density at radius 1 is 1.41 bits per heavy atom. The second kappa shape index (κ2) is 5.08. The van der Waals surface area contributed by atoms with Gasteiger partial charge >= 0.3 is 6.09 Å². The van der Waals surface area contributed by atoms with Crippen molar-refractivity contribution >= 4 is 39.6 Å². The zero-order chi connectivity index (χ0) is 12.4. The molecule has 2 aromatic rings. The van der Waals surface area contributed by atoms with Crippen LogP contribution in [0.5, 0.6) is 0 Å². The smallest absolute Gasteiger partial charge is 0.418 e. The SMILES string of the molecule is CCOC(=O)n1cc(CC)c2cccc(I)c21. The first-order valence-electron chi connectivity index (χ1n) is 5.64. The molecular weight excluding hydrogens is 329 g/mol. The summed E-state index contributed by atoms with van der Waals surface area (Å²) in [6.07, 6.45) is 2.48. The van der Waals surface area contributed by atoms with Gasteiger partial charge in [-0.2, -0.15) is 0 Å². The molecule has 0 atom stereocenters. The predicted molar refractivity (Wildman–Crippen MR) is 76.5 cm³/mol. The summed E-state index contributed by atoms with van der Waals surface area (Å²) in [5, 5.41) is 1.13. The van der Waals surface area contributed by atoms with Gasteiger partial charge in [-0.1, -0.05) is 19.1 Å². The van der Waals surface area contributed by atoms with Crippen LogP contribution in [-0.4, -0.2) is 17.3 Å². The Kier molecular flexibility index (Phi) is 3.71. The number of hydrogen-bond acceptors (Lipinski definition) is 2. The molecule has 1 aromatic carbocycles. The van der Waals surface area contributed by atoms with Crippen LogP contribution in [0.25, 0.3) is 10.9 Å². The Labute approximate surface area is 114 Å². The van der Waals surface area contributed by atoms with Gasteiger partial charge < -0.3 is 4.74 Å². The van der Waals surface area contributed by atoms with Crippen molar-refractivity contribution < 1.29 is 9.53 Å². The molecule has 1 heterocycles. The topological polar surface area (TPSA) is 31.2 Å². The second-order valence-electron chi connectivity index (χ2n) is 3.71. The van der Waals surface area contributed by atoms with E-state index in [-0.39, 0.29) is 6.09 Å². The van der Waals surface area contributed by atoms with Gasteiger partial charge in [0.15, 0.2) is 0 Å². The van der Waals surface area contributed by atoms with Crippen LogP contribution in [0.15, 0.2) is 24.4 Å². The summed E-state index contributed by atoms with van der Waals surface area (Å²) in [6.45, 7) is 4.29. The van der Waals surface area contributed by atoms with Crippen LogP contribution in [0.4, 0.5) is 4.79 Å². The third-order valence-electron chi connectivity index (χ3n) is 2.70. The van der Waals surface area contributed by atoms with E-state index in [0.717, 1.165) is 20.9 Å². The lowest BCUT2D eigenvalue weighted by molar-refractivity contribution is 0.155. The molecule has 1 aromatic heterocycles. The first kappa shape index (κ1) is 12.4. The van der Waals surface area contributed by atoms with Gasteiger partial charge in [0, 0.05) is 15.2 Å². The zero-order valence-electron chi connectivity index (χ0n) is 9.87. The molecule has 0 unspecified atom stereocenters. The Balaban J connectivity index is 2.67. The van der Waals surface area contributed by atoms with Crippen molar-refractivity contribution in [1.82, 2.24) is 4.57 Å². The third-order valence-corrected chi connectivity index (χ3v) is 3.57. The number of benzene rings is 1. The molecule has 0 radical (unpaired) electrons. The van der Waals surface area contributed by atoms with Gasteiger partial charge in [0.1, 0.15) is 0 Å². The van der Waals surface area contributed by atoms with Gasteiger partial charge in [0.2, 0.25) is 0 Å². The Morgan fingerprint density at radius 2 is 2.18 bits per heavy atom. The highest BCUT2D eigenvalue weighted by Crippen LogP contribution is 2.26. The molecule has 2 rings (SSSR count). The molecule has 0 spiro atoms. The number of nitrogens with zero attached hydrogens (tertiary/aromatic N) is 1. The summed E-state index contributed by atoms with van der Waals surface area (Å²) in [4.78, 5) is 11.9. The number of aromatic nitrogens is 1. The summed E-state index contributed by atoms with van der Waals surface area (Å²) in [6, 6.07) is 6.06. The van der Waals surface area contributed by atoms with Crippen LogP contribution < -0.4 is 0 Å². The van der Waals surface area contributed by atoms with Crippen LogP contribution >= 0.6 is 22.6 Å². The van der Waals surface area contributed by atoms with Crippen molar-refractivity contribution in [3.63, 3.8) is 0 Å². The largest absolute Gasteiger partial charge is 0.449 e. The van der Waals surface area contributed by atoms with Gasteiger partial charge in [0.25, 0.3) is 0 Å². The van der Waals surface area contributed by atoms with E-state index in [4.69, 9.17) is 4.74 Å². The first-order valence-corrected chi connectivity index (χ1v) is 6.72. The summed E-state index contributed by atoms with van der Waals surface area (Å²) < 4.78 is 7.74. The lowest BCUT2D eigenvalue weighted by atomic mass is 10.1. The minimum Gasteiger partial charge on any atom is -0.449 e. The van der Waals surface area contributed by atoms with E-state index in [2.05, 4.69) is 29.5 Å². The van der Waals surface area contributed by atoms with Crippen molar-refractivity contribution in [2.75, 3.05) is 6.61 Å². The maximum Gasteiger partial charge on any atom is 0.418 e. The van der Waals surface area contributed by atoms with E-state index in [0.29, 0.717) is 6.61 Å². The van der Waals surface area contributed by atoms with Crippen molar-refractivity contribution in [1.29, 1.82) is 0 Å². The number of carbonyl (C=O) groups is 1. The number of carbonyl (C=O) groups excluding carboxylic acids is 1. The van der Waals surface area contributed by atoms with E-state index in [1.807, 2.05) is 31.3 Å². The molecule has 0 saturated carbocycles. The van der Waals surface area contributed by atoms with E-state index in [1.54, 1.807) is 4.57 Å². The van der Waals surface area contributed by atoms with Crippen LogP contribution in [0.1, 0.15) is 19.4 Å². The van der Waals surface area contributed by atoms with Crippen LogP contribution in [0, 0.1) is 3.57 Å². The summed E-state index contributed by atoms with van der Waals surface area (Å²) in [7, 11) is 0. The van der Waals surface area contributed by atoms with Gasteiger partial charge in [-0.15, -0.1) is 0 Å². The first-order chi connectivity index (χ1) is 8.19. The molecular formula is C13H14INO2. The molecule has 0 fully saturated rings. The minimum absolute atomic E-state index is 0.304. The van der Waals surface area contributed by atoms with E-state index < -0.39 is 0 Å². The number of rotatable bonds is 2. The molecule has 17 heavy (non-hydrogen) atoms. The molecule has 3 nitrogen and oxygen atoms in total. The lowest BCUT2D eigenvalue weighted by Gasteiger charge is -2.04. The number of halogens is 1. The lowest BCUT2D eigenvalue weighted by Crippen LogP contribution is -2.12. The normalized spacial score (nSPS) is 10.8. The minimum atomic E-state index is -0.304. The maximum atomic E-state index is 11.9. The molecule has 0 aliphatic carbocycles. The third kappa shape index (κ3) is 2.18. The molecule has 0 aliphatic rings. The Bertz CT molecular complexity index is 560. The quantitative estimate of drug-likeness (QED) is 0.777. The second-order valence-corrected chi connectivity index (χ2v) is 4.88. The van der Waals surface area contributed by atoms with Crippen molar-refractivity contribution in [3.05, 3.63) is 33.5 Å². The highest BCUT2D eigenvalue weighted by atomic mass is 127. The molecule has 0 saturated heterocycles. The Morgan fingerprint density at radius 3 is 2.82 bits per heavy atom. The highest BCUT2D eigenvalue weighted by molar-refractivity contribution is 14.1. The summed E-state index contributed by atoms with van der Waals surface area (Å²) in [5.41, 5.74) is 2.12. The maximum absolute atomic E-state index is 11.9. The average molecular weight is 343 g/mol. The predicted octanol–water partition coefficient (Wildman–Crippen LogP) is 3.81. The average Bonchev–Trinajstić information content (AvgIpc) is 2.69. The monoisotopic (exact) mass is 343 g/mol. The highest BCUT2D eigenvalue weighted by Gasteiger charge is 2.15. The van der Waals surface area contributed by atoms with Gasteiger partial charge in [-0.25, -0.2) is 4.79 Å². The fraction of sp³-hybridized carbons (Fsp3) is 0.308. The fourth-order valence-corrected chi connectivity index (χ4v) is 2.69. The number of fused-ring (bicyclic) bond motifs is 1. The number of ether oxygens (including phenoxy) is 1. The van der Waals surface area contributed by atoms with Gasteiger partial charge in [-0.05, 0) is 47.6 Å². The zero-order valence-corrected chi connectivity index (χ0v) is 12.0.